The average molecular weight is 246 g/mol. The second-order valence-corrected chi connectivity index (χ2v) is 6.74. The fraction of sp³-hybridized carbons (Fsp3) is 0.625. The molecule has 2 nitrogen and oxygen atoms in total. The second-order valence-electron chi connectivity index (χ2n) is 6.74. The van der Waals surface area contributed by atoms with Gasteiger partial charge in [-0.2, -0.15) is 0 Å². The zero-order chi connectivity index (χ0) is 13.2. The van der Waals surface area contributed by atoms with Crippen LogP contribution in [0.1, 0.15) is 45.6 Å². The quantitative estimate of drug-likeness (QED) is 0.853. The molecule has 0 saturated heterocycles. The van der Waals surface area contributed by atoms with E-state index >= 15 is 0 Å². The fourth-order valence-electron chi connectivity index (χ4n) is 2.51. The van der Waals surface area contributed by atoms with Crippen molar-refractivity contribution in [1.82, 2.24) is 0 Å². The number of rotatable bonds is 4. The number of nitrogens with two attached hydrogens (primary N) is 1. The summed E-state index contributed by atoms with van der Waals surface area (Å²) >= 11 is 0. The molecule has 1 saturated carbocycles. The molecule has 18 heavy (non-hydrogen) atoms. The Kier molecular flexibility index (Phi) is 3.67. The Morgan fingerprint density at radius 2 is 1.78 bits per heavy atom. The van der Waals surface area contributed by atoms with Crippen molar-refractivity contribution in [3.8, 4) is 0 Å². The minimum Gasteiger partial charge on any atom is -0.384 e. The molecule has 3 N–H and O–H groups in total. The smallest absolute Gasteiger partial charge is 0.0340 e. The first-order chi connectivity index (χ1) is 8.45. The van der Waals surface area contributed by atoms with Crippen LogP contribution in [0, 0.1) is 5.41 Å². The van der Waals surface area contributed by atoms with E-state index in [1.165, 1.54) is 30.5 Å². The molecule has 2 heteroatoms. The molecule has 0 amide bonds. The maximum Gasteiger partial charge on any atom is 0.0340 e. The lowest BCUT2D eigenvalue weighted by molar-refractivity contribution is 0.163. The Bertz CT molecular complexity index is 377. The number of anilines is 1. The van der Waals surface area contributed by atoms with Crippen LogP contribution < -0.4 is 11.1 Å². The van der Waals surface area contributed by atoms with E-state index in [4.69, 9.17) is 5.73 Å². The first kappa shape index (κ1) is 13.4. The molecule has 0 spiro atoms. The van der Waals surface area contributed by atoms with E-state index in [0.717, 1.165) is 13.1 Å². The standard InChI is InChI=1S/C16H26N2/c1-15(2,3)13-5-7-14(8-6-13)18-12-16(11-17)9-4-10-16/h5-8,18H,4,9-12,17H2,1-3H3. The lowest BCUT2D eigenvalue weighted by Crippen LogP contribution is -2.42. The van der Waals surface area contributed by atoms with Crippen LogP contribution in [-0.4, -0.2) is 13.1 Å². The fourth-order valence-corrected chi connectivity index (χ4v) is 2.51. The Hall–Kier alpha value is -1.02. The molecule has 0 bridgehead atoms. The summed E-state index contributed by atoms with van der Waals surface area (Å²) < 4.78 is 0. The second kappa shape index (κ2) is 4.93. The summed E-state index contributed by atoms with van der Waals surface area (Å²) in [5.41, 5.74) is 9.06. The zero-order valence-corrected chi connectivity index (χ0v) is 11.9. The van der Waals surface area contributed by atoms with Gasteiger partial charge in [-0.15, -0.1) is 0 Å². The molecule has 1 aromatic rings. The number of nitrogens with one attached hydrogen (secondary N) is 1. The van der Waals surface area contributed by atoms with Crippen molar-refractivity contribution in [3.05, 3.63) is 29.8 Å². The lowest BCUT2D eigenvalue weighted by atomic mass is 9.69. The lowest BCUT2D eigenvalue weighted by Gasteiger charge is -2.41. The van der Waals surface area contributed by atoms with Gasteiger partial charge in [0.1, 0.15) is 0 Å². The predicted molar refractivity (Wildman–Crippen MR) is 79.0 cm³/mol. The molecular weight excluding hydrogens is 220 g/mol. The highest BCUT2D eigenvalue weighted by Gasteiger charge is 2.35. The normalized spacial score (nSPS) is 18.2. The Morgan fingerprint density at radius 1 is 1.17 bits per heavy atom. The van der Waals surface area contributed by atoms with Gasteiger partial charge in [0, 0.05) is 12.2 Å². The molecule has 1 aliphatic rings. The molecule has 0 aromatic heterocycles. The largest absolute Gasteiger partial charge is 0.384 e. The van der Waals surface area contributed by atoms with Crippen molar-refractivity contribution in [2.75, 3.05) is 18.4 Å². The van der Waals surface area contributed by atoms with E-state index in [1.807, 2.05) is 0 Å². The van der Waals surface area contributed by atoms with Crippen LogP contribution in [0.25, 0.3) is 0 Å². The minimum absolute atomic E-state index is 0.227. The van der Waals surface area contributed by atoms with Gasteiger partial charge in [0.2, 0.25) is 0 Å². The van der Waals surface area contributed by atoms with Crippen LogP contribution in [0.4, 0.5) is 5.69 Å². The number of hydrogen-bond donors (Lipinski definition) is 2. The van der Waals surface area contributed by atoms with Gasteiger partial charge in [0.25, 0.3) is 0 Å². The zero-order valence-electron chi connectivity index (χ0n) is 11.9. The van der Waals surface area contributed by atoms with Crippen LogP contribution in [0.15, 0.2) is 24.3 Å². The van der Waals surface area contributed by atoms with Crippen LogP contribution in [0.2, 0.25) is 0 Å². The van der Waals surface area contributed by atoms with Gasteiger partial charge in [-0.05, 0) is 47.9 Å². The highest BCUT2D eigenvalue weighted by Crippen LogP contribution is 2.39. The van der Waals surface area contributed by atoms with Crippen LogP contribution >= 0.6 is 0 Å². The summed E-state index contributed by atoms with van der Waals surface area (Å²) in [6.45, 7) is 8.55. The summed E-state index contributed by atoms with van der Waals surface area (Å²) in [6.07, 6.45) is 3.88. The minimum atomic E-state index is 0.227. The molecule has 0 unspecified atom stereocenters. The molecule has 1 aliphatic carbocycles. The monoisotopic (exact) mass is 246 g/mol. The summed E-state index contributed by atoms with van der Waals surface area (Å²) in [6, 6.07) is 8.81. The molecular formula is C16H26N2. The van der Waals surface area contributed by atoms with E-state index in [9.17, 15) is 0 Å². The predicted octanol–water partition coefficient (Wildman–Crippen LogP) is 3.53. The first-order valence-corrected chi connectivity index (χ1v) is 7.00. The summed E-state index contributed by atoms with van der Waals surface area (Å²) in [5, 5.41) is 3.54. The third-order valence-electron chi connectivity index (χ3n) is 4.27. The average Bonchev–Trinajstić information content (AvgIpc) is 2.28. The van der Waals surface area contributed by atoms with Gasteiger partial charge in [0.15, 0.2) is 0 Å². The van der Waals surface area contributed by atoms with Crippen molar-refractivity contribution in [3.63, 3.8) is 0 Å². The summed E-state index contributed by atoms with van der Waals surface area (Å²) in [4.78, 5) is 0. The van der Waals surface area contributed by atoms with Crippen molar-refractivity contribution in [2.45, 2.75) is 45.4 Å². The molecule has 1 aromatic carbocycles. The number of hydrogen-bond acceptors (Lipinski definition) is 2. The molecule has 100 valence electrons. The third kappa shape index (κ3) is 2.86. The van der Waals surface area contributed by atoms with Crippen LogP contribution in [0.5, 0.6) is 0 Å². The third-order valence-corrected chi connectivity index (χ3v) is 4.27. The topological polar surface area (TPSA) is 38.0 Å². The van der Waals surface area contributed by atoms with Gasteiger partial charge in [-0.3, -0.25) is 0 Å². The van der Waals surface area contributed by atoms with Crippen molar-refractivity contribution in [1.29, 1.82) is 0 Å². The Balaban J connectivity index is 1.94. The maximum atomic E-state index is 5.87. The van der Waals surface area contributed by atoms with Crippen molar-refractivity contribution >= 4 is 5.69 Å². The Morgan fingerprint density at radius 3 is 2.17 bits per heavy atom. The highest BCUT2D eigenvalue weighted by atomic mass is 14.9. The molecule has 0 radical (unpaired) electrons. The molecule has 2 rings (SSSR count). The van der Waals surface area contributed by atoms with E-state index < -0.39 is 0 Å². The van der Waals surface area contributed by atoms with E-state index in [-0.39, 0.29) is 5.41 Å². The molecule has 0 atom stereocenters. The van der Waals surface area contributed by atoms with Gasteiger partial charge in [-0.25, -0.2) is 0 Å². The van der Waals surface area contributed by atoms with E-state index in [1.54, 1.807) is 0 Å². The molecule has 0 aliphatic heterocycles. The van der Waals surface area contributed by atoms with Crippen LogP contribution in [-0.2, 0) is 5.41 Å². The number of benzene rings is 1. The summed E-state index contributed by atoms with van der Waals surface area (Å²) in [7, 11) is 0. The Labute approximate surface area is 111 Å². The van der Waals surface area contributed by atoms with Crippen molar-refractivity contribution in [2.24, 2.45) is 11.1 Å². The van der Waals surface area contributed by atoms with Crippen LogP contribution in [0.3, 0.4) is 0 Å². The SMILES string of the molecule is CC(C)(C)c1ccc(NCC2(CN)CCC2)cc1. The highest BCUT2D eigenvalue weighted by molar-refractivity contribution is 5.46. The molecule has 0 heterocycles. The van der Waals surface area contributed by atoms with Gasteiger partial charge >= 0.3 is 0 Å². The van der Waals surface area contributed by atoms with Gasteiger partial charge in [0.05, 0.1) is 0 Å². The van der Waals surface area contributed by atoms with Crippen molar-refractivity contribution < 1.29 is 0 Å². The van der Waals surface area contributed by atoms with E-state index in [2.05, 4.69) is 50.4 Å². The van der Waals surface area contributed by atoms with Gasteiger partial charge in [-0.1, -0.05) is 39.3 Å². The first-order valence-electron chi connectivity index (χ1n) is 7.00. The summed E-state index contributed by atoms with van der Waals surface area (Å²) in [5.74, 6) is 0. The van der Waals surface area contributed by atoms with Gasteiger partial charge < -0.3 is 11.1 Å². The van der Waals surface area contributed by atoms with E-state index in [0.29, 0.717) is 5.41 Å². The maximum absolute atomic E-state index is 5.87. The molecule has 1 fully saturated rings.